The molecule has 0 aromatic heterocycles. The van der Waals surface area contributed by atoms with Crippen molar-refractivity contribution < 1.29 is 9.53 Å². The Morgan fingerprint density at radius 3 is 2.94 bits per heavy atom. The number of carbonyl (C=O) groups is 1. The monoisotopic (exact) mass is 228 g/mol. The van der Waals surface area contributed by atoms with E-state index in [0.717, 1.165) is 25.9 Å². The minimum Gasteiger partial charge on any atom is -0.372 e. The van der Waals surface area contributed by atoms with Gasteiger partial charge in [0.05, 0.1) is 0 Å². The number of amides is 1. The first kappa shape index (κ1) is 13.5. The van der Waals surface area contributed by atoms with Crippen molar-refractivity contribution in [3.8, 4) is 0 Å². The van der Waals surface area contributed by atoms with Crippen LogP contribution in [0.3, 0.4) is 0 Å². The van der Waals surface area contributed by atoms with Crippen LogP contribution in [0.15, 0.2) is 0 Å². The third-order valence-corrected chi connectivity index (χ3v) is 3.22. The molecule has 4 nitrogen and oxygen atoms in total. The Kier molecular flexibility index (Phi) is 5.77. The first-order valence-corrected chi connectivity index (χ1v) is 6.27. The van der Waals surface area contributed by atoms with E-state index in [1.165, 1.54) is 0 Å². The zero-order valence-corrected chi connectivity index (χ0v) is 10.7. The molecule has 0 radical (unpaired) electrons. The van der Waals surface area contributed by atoms with Crippen LogP contribution in [0.1, 0.15) is 33.6 Å². The number of unbranched alkanes of at least 4 members (excludes halogenated alkanes) is 1. The van der Waals surface area contributed by atoms with Gasteiger partial charge in [0.2, 0.25) is 5.91 Å². The molecule has 1 heterocycles. The Bertz CT molecular complexity index is 221. The maximum absolute atomic E-state index is 11.9. The Morgan fingerprint density at radius 2 is 2.25 bits per heavy atom. The molecule has 2 unspecified atom stereocenters. The summed E-state index contributed by atoms with van der Waals surface area (Å²) in [6, 6.07) is 0.629. The van der Waals surface area contributed by atoms with E-state index in [9.17, 15) is 4.79 Å². The zero-order valence-electron chi connectivity index (χ0n) is 10.7. The first-order valence-electron chi connectivity index (χ1n) is 6.27. The Labute approximate surface area is 98.3 Å². The van der Waals surface area contributed by atoms with Gasteiger partial charge in [-0.15, -0.1) is 0 Å². The predicted molar refractivity (Wildman–Crippen MR) is 64.4 cm³/mol. The van der Waals surface area contributed by atoms with Crippen LogP contribution in [-0.2, 0) is 9.53 Å². The van der Waals surface area contributed by atoms with Crippen molar-refractivity contribution in [2.24, 2.45) is 0 Å². The van der Waals surface area contributed by atoms with Crippen molar-refractivity contribution in [2.75, 3.05) is 26.3 Å². The van der Waals surface area contributed by atoms with E-state index in [4.69, 9.17) is 4.74 Å². The summed E-state index contributed by atoms with van der Waals surface area (Å²) in [5.41, 5.74) is 0. The van der Waals surface area contributed by atoms with Gasteiger partial charge in [-0.3, -0.25) is 4.79 Å². The number of nitrogens with one attached hydrogen (secondary N) is 1. The molecule has 1 fully saturated rings. The largest absolute Gasteiger partial charge is 0.372 e. The van der Waals surface area contributed by atoms with Crippen molar-refractivity contribution in [1.29, 1.82) is 0 Å². The smallest absolute Gasteiger partial charge is 0.248 e. The van der Waals surface area contributed by atoms with Crippen molar-refractivity contribution in [3.63, 3.8) is 0 Å². The number of hydrogen-bond donors (Lipinski definition) is 1. The van der Waals surface area contributed by atoms with E-state index >= 15 is 0 Å². The minimum atomic E-state index is 0.122. The molecular weight excluding hydrogens is 204 g/mol. The fraction of sp³-hybridized carbons (Fsp3) is 0.917. The molecule has 1 aliphatic rings. The molecule has 1 N–H and O–H groups in total. The normalized spacial score (nSPS) is 25.8. The molecule has 0 aromatic carbocycles. The maximum atomic E-state index is 11.9. The molecule has 0 spiro atoms. The Morgan fingerprint density at radius 1 is 1.50 bits per heavy atom. The summed E-state index contributed by atoms with van der Waals surface area (Å²) in [5, 5.41) is 3.36. The van der Waals surface area contributed by atoms with Crippen LogP contribution in [0.25, 0.3) is 0 Å². The summed E-state index contributed by atoms with van der Waals surface area (Å²) in [5.74, 6) is 0.122. The summed E-state index contributed by atoms with van der Waals surface area (Å²) in [4.78, 5) is 13.8. The quantitative estimate of drug-likeness (QED) is 0.714. The van der Waals surface area contributed by atoms with Crippen LogP contribution in [0.2, 0.25) is 0 Å². The highest BCUT2D eigenvalue weighted by atomic mass is 16.5. The highest BCUT2D eigenvalue weighted by molar-refractivity contribution is 5.78. The zero-order chi connectivity index (χ0) is 12.0. The summed E-state index contributed by atoms with van der Waals surface area (Å²) in [7, 11) is 0. The molecule has 2 atom stereocenters. The molecule has 0 aromatic rings. The molecule has 0 saturated carbocycles. The van der Waals surface area contributed by atoms with Gasteiger partial charge in [0.1, 0.15) is 6.61 Å². The highest BCUT2D eigenvalue weighted by Gasteiger charge is 2.27. The molecule has 1 rings (SSSR count). The fourth-order valence-electron chi connectivity index (χ4n) is 1.90. The second kappa shape index (κ2) is 6.86. The molecule has 0 aliphatic carbocycles. The van der Waals surface area contributed by atoms with Crippen LogP contribution >= 0.6 is 0 Å². The Balaban J connectivity index is 2.29. The number of ether oxygens (including phenoxy) is 1. The molecule has 1 aliphatic heterocycles. The summed E-state index contributed by atoms with van der Waals surface area (Å²) in [6.07, 6.45) is 2.13. The molecule has 94 valence electrons. The summed E-state index contributed by atoms with van der Waals surface area (Å²) >= 11 is 0. The van der Waals surface area contributed by atoms with Crippen molar-refractivity contribution in [2.45, 2.75) is 45.7 Å². The van der Waals surface area contributed by atoms with Gasteiger partial charge >= 0.3 is 0 Å². The van der Waals surface area contributed by atoms with Gasteiger partial charge in [-0.1, -0.05) is 13.3 Å². The minimum absolute atomic E-state index is 0.122. The van der Waals surface area contributed by atoms with Gasteiger partial charge in [-0.2, -0.15) is 0 Å². The number of nitrogens with zero attached hydrogens (tertiary/aromatic N) is 1. The highest BCUT2D eigenvalue weighted by Crippen LogP contribution is 2.09. The molecule has 4 heteroatoms. The topological polar surface area (TPSA) is 41.6 Å². The SMILES string of the molecule is CCCCOCC(=O)N1CCNC(C)C1C. The van der Waals surface area contributed by atoms with Crippen LogP contribution in [0.5, 0.6) is 0 Å². The number of piperazine rings is 1. The maximum Gasteiger partial charge on any atom is 0.248 e. The number of carbonyl (C=O) groups excluding carboxylic acids is 1. The third-order valence-electron chi connectivity index (χ3n) is 3.22. The lowest BCUT2D eigenvalue weighted by Gasteiger charge is -2.38. The molecular formula is C12H24N2O2. The summed E-state index contributed by atoms with van der Waals surface area (Å²) < 4.78 is 5.36. The van der Waals surface area contributed by atoms with Gasteiger partial charge in [-0.25, -0.2) is 0 Å². The molecule has 16 heavy (non-hydrogen) atoms. The van der Waals surface area contributed by atoms with E-state index in [2.05, 4.69) is 26.1 Å². The lowest BCUT2D eigenvalue weighted by molar-refractivity contribution is -0.139. The standard InChI is InChI=1S/C12H24N2O2/c1-4-5-8-16-9-12(15)14-7-6-13-10(2)11(14)3/h10-11,13H,4-9H2,1-3H3. The Hall–Kier alpha value is -0.610. The third kappa shape index (κ3) is 3.76. The van der Waals surface area contributed by atoms with Crippen molar-refractivity contribution in [1.82, 2.24) is 10.2 Å². The van der Waals surface area contributed by atoms with Crippen LogP contribution < -0.4 is 5.32 Å². The lowest BCUT2D eigenvalue weighted by Crippen LogP contribution is -2.57. The van der Waals surface area contributed by atoms with Crippen LogP contribution in [0.4, 0.5) is 0 Å². The van der Waals surface area contributed by atoms with E-state index in [-0.39, 0.29) is 18.6 Å². The average molecular weight is 228 g/mol. The second-order valence-electron chi connectivity index (χ2n) is 4.48. The number of hydrogen-bond acceptors (Lipinski definition) is 3. The van der Waals surface area contributed by atoms with Gasteiger partial charge < -0.3 is 15.0 Å². The van der Waals surface area contributed by atoms with E-state index in [1.807, 2.05) is 4.90 Å². The van der Waals surface area contributed by atoms with Gasteiger partial charge in [0.15, 0.2) is 0 Å². The average Bonchev–Trinajstić information content (AvgIpc) is 2.28. The van der Waals surface area contributed by atoms with E-state index < -0.39 is 0 Å². The van der Waals surface area contributed by atoms with Crippen LogP contribution in [0, 0.1) is 0 Å². The van der Waals surface area contributed by atoms with E-state index in [1.54, 1.807) is 0 Å². The van der Waals surface area contributed by atoms with E-state index in [0.29, 0.717) is 12.6 Å². The summed E-state index contributed by atoms with van der Waals surface area (Å²) in [6.45, 7) is 8.91. The predicted octanol–water partition coefficient (Wildman–Crippen LogP) is 1.01. The van der Waals surface area contributed by atoms with Gasteiger partial charge in [0.25, 0.3) is 0 Å². The van der Waals surface area contributed by atoms with Gasteiger partial charge in [-0.05, 0) is 20.3 Å². The number of rotatable bonds is 5. The second-order valence-corrected chi connectivity index (χ2v) is 4.48. The molecule has 0 bridgehead atoms. The van der Waals surface area contributed by atoms with Crippen molar-refractivity contribution >= 4 is 5.91 Å². The van der Waals surface area contributed by atoms with Crippen LogP contribution in [-0.4, -0.2) is 49.2 Å². The molecule has 1 saturated heterocycles. The first-order chi connectivity index (χ1) is 7.66. The van der Waals surface area contributed by atoms with Crippen molar-refractivity contribution in [3.05, 3.63) is 0 Å². The molecule has 1 amide bonds. The lowest BCUT2D eigenvalue weighted by atomic mass is 10.1. The van der Waals surface area contributed by atoms with Gasteiger partial charge in [0, 0.05) is 31.8 Å². The fourth-order valence-corrected chi connectivity index (χ4v) is 1.90.